The van der Waals surface area contributed by atoms with Gasteiger partial charge in [-0.3, -0.25) is 4.99 Å². The Labute approximate surface area is 158 Å². The Morgan fingerprint density at radius 3 is 2.71 bits per heavy atom. The first kappa shape index (κ1) is 20.0. The van der Waals surface area contributed by atoms with E-state index in [9.17, 15) is 0 Å². The van der Waals surface area contributed by atoms with Crippen LogP contribution in [0.15, 0.2) is 29.5 Å². The van der Waals surface area contributed by atoms with Crippen LogP contribution in [-0.4, -0.2) is 41.5 Å². The van der Waals surface area contributed by atoms with Gasteiger partial charge in [0.05, 0.1) is 20.3 Å². The van der Waals surface area contributed by atoms with Crippen molar-refractivity contribution in [2.45, 2.75) is 13.5 Å². The molecule has 0 fully saturated rings. The van der Waals surface area contributed by atoms with Crippen LogP contribution in [0.25, 0.3) is 0 Å². The number of aromatic nitrogens is 3. The van der Waals surface area contributed by atoms with Crippen molar-refractivity contribution in [3.63, 3.8) is 0 Å². The highest BCUT2D eigenvalue weighted by Crippen LogP contribution is 2.30. The number of anilines is 1. The van der Waals surface area contributed by atoms with E-state index in [1.54, 1.807) is 20.5 Å². The average Bonchev–Trinajstić information content (AvgIpc) is 2.98. The number of aliphatic imine (C=N–C) groups is 1. The Morgan fingerprint density at radius 1 is 1.33 bits per heavy atom. The second-order valence-corrected chi connectivity index (χ2v) is 4.71. The maximum atomic E-state index is 5.51. The number of halogens is 1. The van der Waals surface area contributed by atoms with Crippen LogP contribution in [0.4, 0.5) is 5.69 Å². The number of nitrogens with one attached hydrogen (secondary N) is 2. The summed E-state index contributed by atoms with van der Waals surface area (Å²) in [5.74, 6) is 2.82. The topological polar surface area (TPSA) is 85.6 Å². The summed E-state index contributed by atoms with van der Waals surface area (Å²) in [5, 5.41) is 14.2. The molecule has 0 amide bonds. The molecular weight excluding hydrogens is 423 g/mol. The van der Waals surface area contributed by atoms with Gasteiger partial charge < -0.3 is 24.7 Å². The van der Waals surface area contributed by atoms with E-state index in [4.69, 9.17) is 9.47 Å². The summed E-state index contributed by atoms with van der Waals surface area (Å²) in [6.45, 7) is 3.04. The standard InChI is InChI=1S/C15H22N6O2.HI/c1-5-23-12-7-6-11(8-13(12)22-4)19-15(16-2)17-9-14-20-18-10-21(14)3;/h6-8,10H,5,9H2,1-4H3,(H2,16,17,19);1H. The molecule has 0 aliphatic carbocycles. The van der Waals surface area contributed by atoms with Gasteiger partial charge in [0.1, 0.15) is 6.33 Å². The molecule has 1 aromatic heterocycles. The van der Waals surface area contributed by atoms with Crippen molar-refractivity contribution in [1.29, 1.82) is 0 Å². The quantitative estimate of drug-likeness (QED) is 0.402. The van der Waals surface area contributed by atoms with Crippen LogP contribution >= 0.6 is 24.0 Å². The third-order valence-corrected chi connectivity index (χ3v) is 3.17. The molecule has 0 unspecified atom stereocenters. The minimum atomic E-state index is 0. The van der Waals surface area contributed by atoms with Crippen LogP contribution in [0.3, 0.4) is 0 Å². The summed E-state index contributed by atoms with van der Waals surface area (Å²) in [6, 6.07) is 5.63. The minimum Gasteiger partial charge on any atom is -0.493 e. The first-order valence-electron chi connectivity index (χ1n) is 7.29. The second-order valence-electron chi connectivity index (χ2n) is 4.71. The summed E-state index contributed by atoms with van der Waals surface area (Å²) in [6.07, 6.45) is 1.66. The van der Waals surface area contributed by atoms with E-state index in [1.807, 2.05) is 36.7 Å². The zero-order chi connectivity index (χ0) is 16.7. The molecule has 1 aromatic carbocycles. The van der Waals surface area contributed by atoms with Gasteiger partial charge in [-0.15, -0.1) is 34.2 Å². The molecule has 1 heterocycles. The van der Waals surface area contributed by atoms with Gasteiger partial charge in [-0.05, 0) is 19.1 Å². The maximum Gasteiger partial charge on any atom is 0.195 e. The van der Waals surface area contributed by atoms with Crippen molar-refractivity contribution in [1.82, 2.24) is 20.1 Å². The van der Waals surface area contributed by atoms with E-state index in [-0.39, 0.29) is 24.0 Å². The number of guanidine groups is 1. The van der Waals surface area contributed by atoms with Gasteiger partial charge in [0.2, 0.25) is 0 Å². The predicted molar refractivity (Wildman–Crippen MR) is 104 cm³/mol. The molecule has 0 radical (unpaired) electrons. The largest absolute Gasteiger partial charge is 0.493 e. The number of methoxy groups -OCH3 is 1. The van der Waals surface area contributed by atoms with Crippen LogP contribution in [-0.2, 0) is 13.6 Å². The van der Waals surface area contributed by atoms with Crippen molar-refractivity contribution in [3.8, 4) is 11.5 Å². The molecule has 0 bridgehead atoms. The Balaban J connectivity index is 0.00000288. The van der Waals surface area contributed by atoms with Gasteiger partial charge in [0.25, 0.3) is 0 Å². The zero-order valence-electron chi connectivity index (χ0n) is 14.2. The molecule has 0 aliphatic heterocycles. The third kappa shape index (κ3) is 5.25. The molecule has 132 valence electrons. The van der Waals surface area contributed by atoms with Crippen molar-refractivity contribution >= 4 is 35.6 Å². The minimum absolute atomic E-state index is 0. The summed E-state index contributed by atoms with van der Waals surface area (Å²) < 4.78 is 12.7. The first-order chi connectivity index (χ1) is 11.2. The molecule has 2 rings (SSSR count). The number of aryl methyl sites for hydroxylation is 1. The van der Waals surface area contributed by atoms with E-state index in [2.05, 4.69) is 25.8 Å². The van der Waals surface area contributed by atoms with Crippen LogP contribution in [0.1, 0.15) is 12.7 Å². The van der Waals surface area contributed by atoms with Crippen molar-refractivity contribution in [2.75, 3.05) is 26.1 Å². The van der Waals surface area contributed by atoms with Crippen molar-refractivity contribution in [3.05, 3.63) is 30.4 Å². The molecule has 2 N–H and O–H groups in total. The molecule has 0 atom stereocenters. The molecule has 0 saturated carbocycles. The van der Waals surface area contributed by atoms with E-state index in [0.717, 1.165) is 11.5 Å². The lowest BCUT2D eigenvalue weighted by Crippen LogP contribution is -2.31. The molecule has 2 aromatic rings. The lowest BCUT2D eigenvalue weighted by molar-refractivity contribution is 0.311. The Bertz CT molecular complexity index is 674. The highest BCUT2D eigenvalue weighted by atomic mass is 127. The lowest BCUT2D eigenvalue weighted by Gasteiger charge is -2.14. The fourth-order valence-electron chi connectivity index (χ4n) is 1.97. The van der Waals surface area contributed by atoms with Gasteiger partial charge in [-0.25, -0.2) is 0 Å². The normalized spacial score (nSPS) is 10.8. The molecule has 0 spiro atoms. The molecule has 0 aliphatic rings. The van der Waals surface area contributed by atoms with Gasteiger partial charge in [0.15, 0.2) is 23.3 Å². The number of ether oxygens (including phenoxy) is 2. The number of nitrogens with zero attached hydrogens (tertiary/aromatic N) is 4. The number of rotatable bonds is 6. The van der Waals surface area contributed by atoms with E-state index >= 15 is 0 Å². The molecule has 9 heteroatoms. The van der Waals surface area contributed by atoms with E-state index in [1.165, 1.54) is 0 Å². The zero-order valence-corrected chi connectivity index (χ0v) is 16.6. The highest BCUT2D eigenvalue weighted by Gasteiger charge is 2.07. The van der Waals surface area contributed by atoms with E-state index < -0.39 is 0 Å². The number of benzene rings is 1. The fraction of sp³-hybridized carbons (Fsp3) is 0.400. The van der Waals surface area contributed by atoms with Crippen LogP contribution < -0.4 is 20.1 Å². The molecular formula is C15H23IN6O2. The predicted octanol–water partition coefficient (Wildman–Crippen LogP) is 2.03. The summed E-state index contributed by atoms with van der Waals surface area (Å²) >= 11 is 0. The molecule has 8 nitrogen and oxygen atoms in total. The Hall–Kier alpha value is -2.04. The highest BCUT2D eigenvalue weighted by molar-refractivity contribution is 14.0. The summed E-state index contributed by atoms with van der Waals surface area (Å²) in [5.41, 5.74) is 0.844. The second kappa shape index (κ2) is 9.96. The number of hydrogen-bond donors (Lipinski definition) is 2. The maximum absolute atomic E-state index is 5.51. The lowest BCUT2D eigenvalue weighted by atomic mass is 10.2. The van der Waals surface area contributed by atoms with E-state index in [0.29, 0.717) is 30.6 Å². The summed E-state index contributed by atoms with van der Waals surface area (Å²) in [7, 11) is 5.21. The summed E-state index contributed by atoms with van der Waals surface area (Å²) in [4.78, 5) is 4.19. The van der Waals surface area contributed by atoms with Crippen LogP contribution in [0.2, 0.25) is 0 Å². The van der Waals surface area contributed by atoms with Crippen LogP contribution in [0.5, 0.6) is 11.5 Å². The van der Waals surface area contributed by atoms with Crippen LogP contribution in [0, 0.1) is 0 Å². The monoisotopic (exact) mass is 446 g/mol. The van der Waals surface area contributed by atoms with Crippen molar-refractivity contribution in [2.24, 2.45) is 12.0 Å². The molecule has 0 saturated heterocycles. The third-order valence-electron chi connectivity index (χ3n) is 3.17. The fourth-order valence-corrected chi connectivity index (χ4v) is 1.97. The Kier molecular flexibility index (Phi) is 8.30. The Morgan fingerprint density at radius 2 is 2.12 bits per heavy atom. The van der Waals surface area contributed by atoms with Gasteiger partial charge in [0, 0.05) is 25.8 Å². The van der Waals surface area contributed by atoms with Gasteiger partial charge >= 0.3 is 0 Å². The SMILES string of the molecule is CCOc1ccc(NC(=NC)NCc2nncn2C)cc1OC.I. The van der Waals surface area contributed by atoms with Crippen molar-refractivity contribution < 1.29 is 9.47 Å². The smallest absolute Gasteiger partial charge is 0.195 e. The van der Waals surface area contributed by atoms with Gasteiger partial charge in [-0.2, -0.15) is 0 Å². The van der Waals surface area contributed by atoms with Gasteiger partial charge in [-0.1, -0.05) is 0 Å². The number of hydrogen-bond acceptors (Lipinski definition) is 5. The average molecular weight is 446 g/mol. The molecule has 24 heavy (non-hydrogen) atoms. The first-order valence-corrected chi connectivity index (χ1v) is 7.29.